The van der Waals surface area contributed by atoms with Crippen LogP contribution in [0.15, 0.2) is 54.6 Å². The average Bonchev–Trinajstić information content (AvgIpc) is 2.81. The van der Waals surface area contributed by atoms with Gasteiger partial charge in [-0.15, -0.1) is 0 Å². The maximum atomic E-state index is 12.1. The van der Waals surface area contributed by atoms with Gasteiger partial charge in [0.05, 0.1) is 13.7 Å². The summed E-state index contributed by atoms with van der Waals surface area (Å²) >= 11 is 0. The predicted octanol–water partition coefficient (Wildman–Crippen LogP) is -5.45. The lowest BCUT2D eigenvalue weighted by atomic mass is 10.1. The third-order valence-electron chi connectivity index (χ3n) is 5.10. The number of amides is 1. The van der Waals surface area contributed by atoms with E-state index in [-0.39, 0.29) is 61.7 Å². The molecular formula is C24H35Cl2N3O5. The molecule has 0 fully saturated rings. The van der Waals surface area contributed by atoms with Gasteiger partial charge in [0.1, 0.15) is 24.9 Å². The van der Waals surface area contributed by atoms with Crippen LogP contribution in [0.3, 0.4) is 0 Å². The summed E-state index contributed by atoms with van der Waals surface area (Å²) in [5, 5.41) is 12.6. The molecular weight excluding hydrogens is 481 g/mol. The van der Waals surface area contributed by atoms with E-state index in [9.17, 15) is 14.8 Å². The first-order valence-electron chi connectivity index (χ1n) is 10.9. The summed E-state index contributed by atoms with van der Waals surface area (Å²) in [4.78, 5) is 23.5. The largest absolute Gasteiger partial charge is 1.00 e. The number of carbonyl (C=O) groups is 2. The fourth-order valence-corrected chi connectivity index (χ4v) is 3.24. The number of benzene rings is 2. The van der Waals surface area contributed by atoms with E-state index in [2.05, 4.69) is 10.5 Å². The van der Waals surface area contributed by atoms with Gasteiger partial charge in [0.2, 0.25) is 5.91 Å². The molecule has 0 heterocycles. The zero-order valence-corrected chi connectivity index (χ0v) is 21.2. The fraction of sp³-hybridized carbons (Fsp3) is 0.417. The number of quaternary nitrogens is 2. The van der Waals surface area contributed by atoms with Crippen molar-refractivity contribution in [2.45, 2.75) is 44.9 Å². The number of ether oxygens (including phenoxy) is 2. The van der Waals surface area contributed by atoms with Crippen molar-refractivity contribution >= 4 is 11.9 Å². The van der Waals surface area contributed by atoms with Gasteiger partial charge < -0.3 is 45.3 Å². The van der Waals surface area contributed by atoms with Gasteiger partial charge in [0, 0.05) is 19.3 Å². The minimum absolute atomic E-state index is 0. The molecule has 0 saturated heterocycles. The minimum Gasteiger partial charge on any atom is -1.00 e. The second-order valence-corrected chi connectivity index (χ2v) is 7.90. The lowest BCUT2D eigenvalue weighted by Gasteiger charge is -2.18. The number of nitrogens with zero attached hydrogens (tertiary/aromatic N) is 1. The topological polar surface area (TPSA) is 120 Å². The van der Waals surface area contributed by atoms with E-state index in [4.69, 9.17) is 4.74 Å². The second-order valence-electron chi connectivity index (χ2n) is 7.90. The number of hydrogen-bond donors (Lipinski definition) is 3. The van der Waals surface area contributed by atoms with E-state index in [1.54, 1.807) is 6.92 Å². The van der Waals surface area contributed by atoms with E-state index in [1.165, 1.54) is 7.11 Å². The van der Waals surface area contributed by atoms with Crippen molar-refractivity contribution in [3.63, 3.8) is 0 Å². The Kier molecular flexibility index (Phi) is 15.9. The monoisotopic (exact) mass is 515 g/mol. The summed E-state index contributed by atoms with van der Waals surface area (Å²) in [5.41, 5.74) is 6.23. The molecule has 2 aromatic rings. The van der Waals surface area contributed by atoms with Gasteiger partial charge in [0.15, 0.2) is 6.04 Å². The average molecular weight is 516 g/mol. The van der Waals surface area contributed by atoms with Crippen LogP contribution >= 0.6 is 0 Å². The summed E-state index contributed by atoms with van der Waals surface area (Å²) < 4.78 is 10.5. The molecule has 34 heavy (non-hydrogen) atoms. The van der Waals surface area contributed by atoms with Crippen molar-refractivity contribution in [2.75, 3.05) is 20.2 Å². The molecule has 0 aromatic heterocycles. The number of halogens is 2. The first-order chi connectivity index (χ1) is 15.4. The van der Waals surface area contributed by atoms with Crippen LogP contribution in [0, 0.1) is 0 Å². The SMILES string of the molecule is COC(=O)[C@H](C)[NH2+]CCCC(=O)N(O)C[C@@H]([NH3+])Cc1ccc(OCc2ccccc2)cc1.[Cl-].[Cl-]. The van der Waals surface area contributed by atoms with Crippen LogP contribution in [0.1, 0.15) is 30.9 Å². The standard InChI is InChI=1S/C24H33N3O5.2ClH/c1-18(24(29)31-2)26-14-6-9-23(28)27(30)16-21(25)15-19-10-12-22(13-11-19)32-17-20-7-4-3-5-8-20;;/h3-5,7-8,10-13,18,21,26,30H,6,9,14-17,25H2,1-2H3;2*1H/t18-,21-;;/m0../s1. The summed E-state index contributed by atoms with van der Waals surface area (Å²) in [7, 11) is 1.35. The minimum atomic E-state index is -0.345. The van der Waals surface area contributed by atoms with Gasteiger partial charge in [-0.05, 0) is 30.2 Å². The number of nitrogens with two attached hydrogens (primary N) is 1. The first-order valence-corrected chi connectivity index (χ1v) is 10.9. The van der Waals surface area contributed by atoms with Crippen LogP contribution in [0.4, 0.5) is 0 Å². The van der Waals surface area contributed by atoms with Crippen molar-refractivity contribution in [3.05, 3.63) is 65.7 Å². The second kappa shape index (κ2) is 17.1. The van der Waals surface area contributed by atoms with Crippen LogP contribution in [-0.2, 0) is 27.4 Å². The first kappa shape index (κ1) is 31.6. The number of hydrogen-bond acceptors (Lipinski definition) is 5. The highest BCUT2D eigenvalue weighted by Crippen LogP contribution is 2.15. The molecule has 1 amide bonds. The number of hydroxylamine groups is 2. The number of methoxy groups -OCH3 is 1. The maximum absolute atomic E-state index is 12.1. The van der Waals surface area contributed by atoms with Gasteiger partial charge in [-0.2, -0.15) is 0 Å². The molecule has 0 aliphatic carbocycles. The normalized spacial score (nSPS) is 11.9. The lowest BCUT2D eigenvalue weighted by molar-refractivity contribution is -0.675. The summed E-state index contributed by atoms with van der Waals surface area (Å²) in [6.07, 6.45) is 1.40. The molecule has 6 N–H and O–H groups in total. The Morgan fingerprint density at radius 2 is 1.71 bits per heavy atom. The molecule has 0 bridgehead atoms. The third kappa shape index (κ3) is 11.7. The molecule has 8 nitrogen and oxygen atoms in total. The highest BCUT2D eigenvalue weighted by molar-refractivity contribution is 5.75. The van der Waals surface area contributed by atoms with E-state index in [0.29, 0.717) is 26.0 Å². The molecule has 0 aliphatic rings. The highest BCUT2D eigenvalue weighted by atomic mass is 35.5. The Hall–Kier alpha value is -2.36. The molecule has 0 radical (unpaired) electrons. The van der Waals surface area contributed by atoms with Crippen molar-refractivity contribution in [1.29, 1.82) is 0 Å². The van der Waals surface area contributed by atoms with Gasteiger partial charge in [-0.1, -0.05) is 42.5 Å². The summed E-state index contributed by atoms with van der Waals surface area (Å²) in [6.45, 7) is 3.02. The van der Waals surface area contributed by atoms with E-state index >= 15 is 0 Å². The predicted molar refractivity (Wildman–Crippen MR) is 119 cm³/mol. The van der Waals surface area contributed by atoms with E-state index in [0.717, 1.165) is 21.9 Å². The quantitative estimate of drug-likeness (QED) is 0.106. The Morgan fingerprint density at radius 1 is 1.06 bits per heavy atom. The molecule has 2 atom stereocenters. The molecule has 0 aliphatic heterocycles. The van der Waals surface area contributed by atoms with Crippen molar-refractivity contribution < 1.29 is 60.1 Å². The fourth-order valence-electron chi connectivity index (χ4n) is 3.24. The molecule has 0 spiro atoms. The van der Waals surface area contributed by atoms with Crippen LogP contribution in [-0.4, -0.2) is 54.4 Å². The van der Waals surface area contributed by atoms with Gasteiger partial charge in [-0.3, -0.25) is 10.0 Å². The molecule has 0 saturated carbocycles. The number of rotatable bonds is 13. The number of carbonyl (C=O) groups excluding carboxylic acids is 2. The Morgan fingerprint density at radius 3 is 2.32 bits per heavy atom. The van der Waals surface area contributed by atoms with Crippen molar-refractivity contribution in [2.24, 2.45) is 0 Å². The molecule has 2 rings (SSSR count). The summed E-state index contributed by atoms with van der Waals surface area (Å²) in [5.74, 6) is 0.147. The van der Waals surface area contributed by atoms with Crippen LogP contribution in [0.2, 0.25) is 0 Å². The Balaban J connectivity index is 0.00000544. The lowest BCUT2D eigenvalue weighted by Crippen LogP contribution is -3.00. The zero-order chi connectivity index (χ0) is 23.3. The maximum Gasteiger partial charge on any atom is 0.364 e. The molecule has 190 valence electrons. The Bertz CT molecular complexity index is 840. The molecule has 0 unspecified atom stereocenters. The van der Waals surface area contributed by atoms with Crippen LogP contribution in [0.5, 0.6) is 5.75 Å². The highest BCUT2D eigenvalue weighted by Gasteiger charge is 2.19. The van der Waals surface area contributed by atoms with Crippen molar-refractivity contribution in [3.8, 4) is 5.75 Å². The van der Waals surface area contributed by atoms with Gasteiger partial charge in [0.25, 0.3) is 0 Å². The molecule has 10 heteroatoms. The molecule has 2 aromatic carbocycles. The van der Waals surface area contributed by atoms with E-state index in [1.807, 2.05) is 59.9 Å². The van der Waals surface area contributed by atoms with Gasteiger partial charge in [-0.25, -0.2) is 9.86 Å². The van der Waals surface area contributed by atoms with Crippen molar-refractivity contribution in [1.82, 2.24) is 5.06 Å². The number of esters is 1. The third-order valence-corrected chi connectivity index (χ3v) is 5.10. The van der Waals surface area contributed by atoms with Crippen LogP contribution in [0.25, 0.3) is 0 Å². The Labute approximate surface area is 213 Å². The zero-order valence-electron chi connectivity index (χ0n) is 19.7. The smallest absolute Gasteiger partial charge is 0.364 e. The van der Waals surface area contributed by atoms with Crippen LogP contribution < -0.4 is 40.6 Å². The van der Waals surface area contributed by atoms with E-state index < -0.39 is 0 Å². The summed E-state index contributed by atoms with van der Waals surface area (Å²) in [6, 6.07) is 17.3. The van der Waals surface area contributed by atoms with Gasteiger partial charge >= 0.3 is 5.97 Å².